The summed E-state index contributed by atoms with van der Waals surface area (Å²) in [5, 5.41) is 0. The average Bonchev–Trinajstić information content (AvgIpc) is 2.65. The first-order chi connectivity index (χ1) is 8.25. The number of imidazole rings is 1. The summed E-state index contributed by atoms with van der Waals surface area (Å²) in [6.45, 7) is 0. The molecule has 0 radical (unpaired) electrons. The summed E-state index contributed by atoms with van der Waals surface area (Å²) in [6, 6.07) is 5.13. The predicted octanol–water partition coefficient (Wildman–Crippen LogP) is 3.26. The maximum absolute atomic E-state index is 13.1. The van der Waals surface area contributed by atoms with E-state index in [9.17, 15) is 4.39 Å². The van der Waals surface area contributed by atoms with E-state index < -0.39 is 0 Å². The van der Waals surface area contributed by atoms with Crippen LogP contribution >= 0.6 is 0 Å². The first kappa shape index (κ1) is 10.6. The van der Waals surface area contributed by atoms with Crippen molar-refractivity contribution in [2.75, 3.05) is 5.73 Å². The molecule has 0 bridgehead atoms. The van der Waals surface area contributed by atoms with Crippen LogP contribution in [0.4, 0.5) is 10.3 Å². The Hall–Kier alpha value is -1.58. The first-order valence-electron chi connectivity index (χ1n) is 6.18. The van der Waals surface area contributed by atoms with Gasteiger partial charge in [0.2, 0.25) is 5.95 Å². The van der Waals surface area contributed by atoms with Gasteiger partial charge >= 0.3 is 0 Å². The number of nitrogens with zero attached hydrogens (tertiary/aromatic N) is 2. The second kappa shape index (κ2) is 4.02. The van der Waals surface area contributed by atoms with Gasteiger partial charge in [-0.1, -0.05) is 19.3 Å². The van der Waals surface area contributed by atoms with E-state index in [0.717, 1.165) is 18.4 Å². The topological polar surface area (TPSA) is 43.8 Å². The van der Waals surface area contributed by atoms with Crippen LogP contribution in [-0.2, 0) is 0 Å². The molecule has 2 N–H and O–H groups in total. The highest BCUT2D eigenvalue weighted by atomic mass is 19.1. The zero-order valence-corrected chi connectivity index (χ0v) is 9.69. The Labute approximate surface area is 99.4 Å². The minimum atomic E-state index is -0.259. The van der Waals surface area contributed by atoms with E-state index >= 15 is 0 Å². The van der Waals surface area contributed by atoms with E-state index in [-0.39, 0.29) is 5.82 Å². The first-order valence-corrected chi connectivity index (χ1v) is 6.18. The van der Waals surface area contributed by atoms with E-state index in [1.807, 2.05) is 0 Å². The fourth-order valence-corrected chi connectivity index (χ4v) is 2.81. The highest BCUT2D eigenvalue weighted by molar-refractivity contribution is 5.78. The Balaban J connectivity index is 2.11. The standard InChI is InChI=1S/C13H16FN3/c14-9-6-7-12-11(8-9)16-13(15)17(12)10-4-2-1-3-5-10/h6-8,10H,1-5H2,(H2,15,16). The highest BCUT2D eigenvalue weighted by Crippen LogP contribution is 2.33. The Bertz CT molecular complexity index is 541. The van der Waals surface area contributed by atoms with Gasteiger partial charge in [0.05, 0.1) is 11.0 Å². The lowest BCUT2D eigenvalue weighted by molar-refractivity contribution is 0.363. The summed E-state index contributed by atoms with van der Waals surface area (Å²) in [6.07, 6.45) is 6.08. The van der Waals surface area contributed by atoms with Crippen molar-refractivity contribution in [2.45, 2.75) is 38.1 Å². The van der Waals surface area contributed by atoms with E-state index in [1.165, 1.54) is 31.4 Å². The van der Waals surface area contributed by atoms with Gasteiger partial charge in [-0.15, -0.1) is 0 Å². The molecule has 1 aliphatic rings. The molecule has 3 nitrogen and oxygen atoms in total. The minimum absolute atomic E-state index is 0.259. The Kier molecular flexibility index (Phi) is 2.50. The summed E-state index contributed by atoms with van der Waals surface area (Å²) in [5.41, 5.74) is 7.58. The van der Waals surface area contributed by atoms with E-state index in [2.05, 4.69) is 9.55 Å². The number of nitrogen functional groups attached to an aromatic ring is 1. The van der Waals surface area contributed by atoms with Gasteiger partial charge in [0.15, 0.2) is 0 Å². The monoisotopic (exact) mass is 233 g/mol. The fourth-order valence-electron chi connectivity index (χ4n) is 2.81. The Morgan fingerprint density at radius 1 is 1.24 bits per heavy atom. The van der Waals surface area contributed by atoms with Crippen LogP contribution in [-0.4, -0.2) is 9.55 Å². The van der Waals surface area contributed by atoms with Gasteiger partial charge in [0.25, 0.3) is 0 Å². The smallest absolute Gasteiger partial charge is 0.201 e. The molecule has 17 heavy (non-hydrogen) atoms. The Morgan fingerprint density at radius 2 is 2.00 bits per heavy atom. The van der Waals surface area contributed by atoms with Gasteiger partial charge in [-0.05, 0) is 25.0 Å². The number of rotatable bonds is 1. The molecule has 1 fully saturated rings. The van der Waals surface area contributed by atoms with Crippen LogP contribution in [0.2, 0.25) is 0 Å². The number of hydrogen-bond donors (Lipinski definition) is 1. The van der Waals surface area contributed by atoms with Crippen LogP contribution < -0.4 is 5.73 Å². The molecular weight excluding hydrogens is 217 g/mol. The lowest BCUT2D eigenvalue weighted by atomic mass is 9.95. The van der Waals surface area contributed by atoms with E-state index in [4.69, 9.17) is 5.73 Å². The molecule has 2 aromatic rings. The molecule has 0 unspecified atom stereocenters. The van der Waals surface area contributed by atoms with Crippen LogP contribution in [0.3, 0.4) is 0 Å². The van der Waals surface area contributed by atoms with Crippen molar-refractivity contribution in [3.05, 3.63) is 24.0 Å². The molecule has 3 rings (SSSR count). The van der Waals surface area contributed by atoms with Crippen molar-refractivity contribution in [1.29, 1.82) is 0 Å². The summed E-state index contributed by atoms with van der Waals surface area (Å²) < 4.78 is 15.2. The number of hydrogen-bond acceptors (Lipinski definition) is 2. The molecule has 4 heteroatoms. The van der Waals surface area contributed by atoms with Crippen LogP contribution in [0.5, 0.6) is 0 Å². The van der Waals surface area contributed by atoms with Crippen LogP contribution in [0.15, 0.2) is 18.2 Å². The molecule has 1 aromatic carbocycles. The molecular formula is C13H16FN3. The van der Waals surface area contributed by atoms with Gasteiger partial charge in [-0.3, -0.25) is 0 Å². The molecule has 1 heterocycles. The maximum Gasteiger partial charge on any atom is 0.201 e. The number of nitrogens with two attached hydrogens (primary N) is 1. The molecule has 1 aromatic heterocycles. The number of benzene rings is 1. The zero-order valence-electron chi connectivity index (χ0n) is 9.69. The molecule has 0 atom stereocenters. The molecule has 0 spiro atoms. The van der Waals surface area contributed by atoms with Crippen molar-refractivity contribution in [2.24, 2.45) is 0 Å². The van der Waals surface area contributed by atoms with Crippen LogP contribution in [0, 0.1) is 5.82 Å². The third-order valence-electron chi connectivity index (χ3n) is 3.62. The molecule has 1 saturated carbocycles. The number of halogens is 1. The van der Waals surface area contributed by atoms with Crippen LogP contribution in [0.1, 0.15) is 38.1 Å². The molecule has 0 amide bonds. The molecule has 0 aliphatic heterocycles. The Morgan fingerprint density at radius 3 is 2.76 bits per heavy atom. The van der Waals surface area contributed by atoms with Gasteiger partial charge < -0.3 is 10.3 Å². The number of fused-ring (bicyclic) bond motifs is 1. The van der Waals surface area contributed by atoms with Crippen LogP contribution in [0.25, 0.3) is 11.0 Å². The third-order valence-corrected chi connectivity index (χ3v) is 3.62. The quantitative estimate of drug-likeness (QED) is 0.821. The molecule has 1 aliphatic carbocycles. The summed E-state index contributed by atoms with van der Waals surface area (Å²) in [5.74, 6) is 0.253. The lowest BCUT2D eigenvalue weighted by Gasteiger charge is -2.24. The zero-order chi connectivity index (χ0) is 11.8. The third kappa shape index (κ3) is 1.77. The van der Waals surface area contributed by atoms with E-state index in [1.54, 1.807) is 6.07 Å². The summed E-state index contributed by atoms with van der Waals surface area (Å²) in [4.78, 5) is 4.25. The van der Waals surface area contributed by atoms with Gasteiger partial charge in [0, 0.05) is 12.1 Å². The van der Waals surface area contributed by atoms with Crippen molar-refractivity contribution in [1.82, 2.24) is 9.55 Å². The largest absolute Gasteiger partial charge is 0.369 e. The van der Waals surface area contributed by atoms with Crippen molar-refractivity contribution in [3.8, 4) is 0 Å². The fraction of sp³-hybridized carbons (Fsp3) is 0.462. The second-order valence-corrected chi connectivity index (χ2v) is 4.76. The number of aromatic nitrogens is 2. The minimum Gasteiger partial charge on any atom is -0.369 e. The van der Waals surface area contributed by atoms with Crippen molar-refractivity contribution < 1.29 is 4.39 Å². The van der Waals surface area contributed by atoms with Gasteiger partial charge in [-0.25, -0.2) is 9.37 Å². The van der Waals surface area contributed by atoms with Gasteiger partial charge in [-0.2, -0.15) is 0 Å². The van der Waals surface area contributed by atoms with Crippen molar-refractivity contribution >= 4 is 17.0 Å². The second-order valence-electron chi connectivity index (χ2n) is 4.76. The average molecular weight is 233 g/mol. The highest BCUT2D eigenvalue weighted by Gasteiger charge is 2.20. The maximum atomic E-state index is 13.1. The SMILES string of the molecule is Nc1nc2cc(F)ccc2n1C1CCCCC1. The molecule has 0 saturated heterocycles. The molecule has 90 valence electrons. The van der Waals surface area contributed by atoms with Gasteiger partial charge in [0.1, 0.15) is 5.82 Å². The van der Waals surface area contributed by atoms with Crippen molar-refractivity contribution in [3.63, 3.8) is 0 Å². The van der Waals surface area contributed by atoms with E-state index in [0.29, 0.717) is 17.5 Å². The summed E-state index contributed by atoms with van der Waals surface area (Å²) >= 11 is 0. The number of anilines is 1. The predicted molar refractivity (Wildman–Crippen MR) is 66.2 cm³/mol. The normalized spacial score (nSPS) is 17.7. The summed E-state index contributed by atoms with van der Waals surface area (Å²) in [7, 11) is 0. The lowest BCUT2D eigenvalue weighted by Crippen LogP contribution is -2.14.